The van der Waals surface area contributed by atoms with Crippen molar-refractivity contribution in [1.82, 2.24) is 5.32 Å². The van der Waals surface area contributed by atoms with Gasteiger partial charge in [-0.15, -0.1) is 11.8 Å². The Morgan fingerprint density at radius 2 is 2.15 bits per heavy atom. The first kappa shape index (κ1) is 14.9. The number of hydrogen-bond acceptors (Lipinski definition) is 4. The number of nitrogens with two attached hydrogens (primary N) is 1. The van der Waals surface area contributed by atoms with E-state index in [0.717, 1.165) is 18.6 Å². The van der Waals surface area contributed by atoms with Gasteiger partial charge in [-0.1, -0.05) is 12.1 Å². The normalized spacial score (nSPS) is 17.8. The molecule has 1 aromatic rings. The summed E-state index contributed by atoms with van der Waals surface area (Å²) in [6.45, 7) is 0.804. The second-order valence-corrected chi connectivity index (χ2v) is 5.89. The van der Waals surface area contributed by atoms with Gasteiger partial charge in [-0.2, -0.15) is 0 Å². The van der Waals surface area contributed by atoms with Crippen molar-refractivity contribution in [2.75, 3.05) is 24.2 Å². The maximum atomic E-state index is 12.1. The second kappa shape index (κ2) is 7.31. The van der Waals surface area contributed by atoms with Crippen LogP contribution in [0.25, 0.3) is 0 Å². The van der Waals surface area contributed by atoms with Gasteiger partial charge in [0.1, 0.15) is 0 Å². The van der Waals surface area contributed by atoms with Crippen molar-refractivity contribution in [2.45, 2.75) is 18.1 Å². The van der Waals surface area contributed by atoms with Gasteiger partial charge in [0.2, 0.25) is 5.91 Å². The molecular formula is C14H19N3O2S. The highest BCUT2D eigenvalue weighted by Crippen LogP contribution is 2.27. The van der Waals surface area contributed by atoms with Crippen molar-refractivity contribution >= 4 is 29.3 Å². The van der Waals surface area contributed by atoms with Crippen LogP contribution in [0.4, 0.5) is 5.69 Å². The van der Waals surface area contributed by atoms with Gasteiger partial charge in [0.15, 0.2) is 0 Å². The molecule has 1 fully saturated rings. The third-order valence-corrected chi connectivity index (χ3v) is 4.46. The predicted octanol–water partition coefficient (Wildman–Crippen LogP) is 1.21. The molecule has 2 amide bonds. The average Bonchev–Trinajstić information content (AvgIpc) is 2.99. The standard InChI is InChI=1S/C14H19N3O2S/c15-7-8-16-13(18)10-4-1-2-5-11(10)17-14(19)12-6-3-9-20-12/h1-2,4-5,12H,3,6-9,15H2,(H,16,18)(H,17,19). The number of carbonyl (C=O) groups is 2. The summed E-state index contributed by atoms with van der Waals surface area (Å²) in [6.07, 6.45) is 1.97. The number of benzene rings is 1. The van der Waals surface area contributed by atoms with Crippen molar-refractivity contribution in [3.05, 3.63) is 29.8 Å². The molecule has 1 heterocycles. The van der Waals surface area contributed by atoms with E-state index in [-0.39, 0.29) is 17.1 Å². The monoisotopic (exact) mass is 293 g/mol. The summed E-state index contributed by atoms with van der Waals surface area (Å²) in [7, 11) is 0. The number of nitrogens with one attached hydrogen (secondary N) is 2. The van der Waals surface area contributed by atoms with Crippen molar-refractivity contribution in [2.24, 2.45) is 5.73 Å². The fraction of sp³-hybridized carbons (Fsp3) is 0.429. The summed E-state index contributed by atoms with van der Waals surface area (Å²) in [5.41, 5.74) is 6.39. The number of rotatable bonds is 5. The Hall–Kier alpha value is -1.53. The molecule has 0 aromatic heterocycles. The lowest BCUT2D eigenvalue weighted by atomic mass is 10.1. The predicted molar refractivity (Wildman–Crippen MR) is 81.9 cm³/mol. The lowest BCUT2D eigenvalue weighted by Crippen LogP contribution is -2.30. The van der Waals surface area contributed by atoms with Gasteiger partial charge in [0.05, 0.1) is 16.5 Å². The van der Waals surface area contributed by atoms with E-state index >= 15 is 0 Å². The Labute approximate surface area is 122 Å². The van der Waals surface area contributed by atoms with Gasteiger partial charge in [-0.3, -0.25) is 9.59 Å². The van der Waals surface area contributed by atoms with E-state index in [1.165, 1.54) is 0 Å². The van der Waals surface area contributed by atoms with Crippen LogP contribution in [-0.4, -0.2) is 35.9 Å². The Kier molecular flexibility index (Phi) is 5.43. The van der Waals surface area contributed by atoms with Crippen LogP contribution >= 0.6 is 11.8 Å². The maximum Gasteiger partial charge on any atom is 0.253 e. The van der Waals surface area contributed by atoms with E-state index in [4.69, 9.17) is 5.73 Å². The van der Waals surface area contributed by atoms with Gasteiger partial charge in [-0.05, 0) is 30.7 Å². The van der Waals surface area contributed by atoms with E-state index < -0.39 is 0 Å². The Bertz CT molecular complexity index is 487. The summed E-state index contributed by atoms with van der Waals surface area (Å²) in [6, 6.07) is 7.02. The fourth-order valence-electron chi connectivity index (χ4n) is 2.07. The molecule has 108 valence electrons. The second-order valence-electron chi connectivity index (χ2n) is 4.58. The van der Waals surface area contributed by atoms with Gasteiger partial charge in [0, 0.05) is 13.1 Å². The fourth-order valence-corrected chi connectivity index (χ4v) is 3.23. The van der Waals surface area contributed by atoms with E-state index in [0.29, 0.717) is 24.3 Å². The topological polar surface area (TPSA) is 84.2 Å². The summed E-state index contributed by atoms with van der Waals surface area (Å²) in [5, 5.41) is 5.56. The zero-order chi connectivity index (χ0) is 14.4. The molecule has 5 nitrogen and oxygen atoms in total. The van der Waals surface area contributed by atoms with Crippen LogP contribution in [0.3, 0.4) is 0 Å². The SMILES string of the molecule is NCCNC(=O)c1ccccc1NC(=O)C1CCCS1. The molecule has 6 heteroatoms. The Morgan fingerprint density at radius 1 is 1.35 bits per heavy atom. The first-order valence-corrected chi connectivity index (χ1v) is 7.77. The average molecular weight is 293 g/mol. The van der Waals surface area contributed by atoms with Crippen LogP contribution in [0, 0.1) is 0 Å². The summed E-state index contributed by atoms with van der Waals surface area (Å²) in [5.74, 6) is 0.786. The number of hydrogen-bond donors (Lipinski definition) is 3. The zero-order valence-electron chi connectivity index (χ0n) is 11.2. The number of para-hydroxylation sites is 1. The van der Waals surface area contributed by atoms with Crippen molar-refractivity contribution in [1.29, 1.82) is 0 Å². The lowest BCUT2D eigenvalue weighted by molar-refractivity contribution is -0.115. The minimum atomic E-state index is -0.217. The van der Waals surface area contributed by atoms with E-state index in [1.807, 2.05) is 0 Å². The highest BCUT2D eigenvalue weighted by molar-refractivity contribution is 8.00. The molecule has 1 aliphatic heterocycles. The number of carbonyl (C=O) groups excluding carboxylic acids is 2. The molecule has 1 saturated heterocycles. The minimum absolute atomic E-state index is 0.00448. The molecular weight excluding hydrogens is 274 g/mol. The van der Waals surface area contributed by atoms with Crippen LogP contribution in [-0.2, 0) is 4.79 Å². The number of anilines is 1. The molecule has 4 N–H and O–H groups in total. The minimum Gasteiger partial charge on any atom is -0.351 e. The lowest BCUT2D eigenvalue weighted by Gasteiger charge is -2.13. The Morgan fingerprint density at radius 3 is 2.85 bits per heavy atom. The Balaban J connectivity index is 2.07. The first-order chi connectivity index (χ1) is 9.72. The molecule has 0 radical (unpaired) electrons. The first-order valence-electron chi connectivity index (χ1n) is 6.72. The molecule has 0 saturated carbocycles. The highest BCUT2D eigenvalue weighted by Gasteiger charge is 2.24. The van der Waals surface area contributed by atoms with E-state index in [1.54, 1.807) is 36.0 Å². The summed E-state index contributed by atoms with van der Waals surface area (Å²) in [4.78, 5) is 24.1. The molecule has 20 heavy (non-hydrogen) atoms. The van der Waals surface area contributed by atoms with E-state index in [2.05, 4.69) is 10.6 Å². The summed E-state index contributed by atoms with van der Waals surface area (Å²) >= 11 is 1.67. The summed E-state index contributed by atoms with van der Waals surface area (Å²) < 4.78 is 0. The quantitative estimate of drug-likeness (QED) is 0.762. The van der Waals surface area contributed by atoms with Crippen LogP contribution in [0.2, 0.25) is 0 Å². The van der Waals surface area contributed by atoms with Crippen molar-refractivity contribution in [3.63, 3.8) is 0 Å². The van der Waals surface area contributed by atoms with Crippen LogP contribution < -0.4 is 16.4 Å². The molecule has 0 spiro atoms. The zero-order valence-corrected chi connectivity index (χ0v) is 12.0. The molecule has 1 atom stereocenters. The maximum absolute atomic E-state index is 12.1. The largest absolute Gasteiger partial charge is 0.351 e. The van der Waals surface area contributed by atoms with Crippen molar-refractivity contribution in [3.8, 4) is 0 Å². The van der Waals surface area contributed by atoms with E-state index in [9.17, 15) is 9.59 Å². The molecule has 1 aromatic carbocycles. The van der Waals surface area contributed by atoms with Gasteiger partial charge >= 0.3 is 0 Å². The van der Waals surface area contributed by atoms with Crippen LogP contribution in [0.15, 0.2) is 24.3 Å². The van der Waals surface area contributed by atoms with Crippen LogP contribution in [0.5, 0.6) is 0 Å². The van der Waals surface area contributed by atoms with Gasteiger partial charge in [-0.25, -0.2) is 0 Å². The smallest absolute Gasteiger partial charge is 0.253 e. The molecule has 0 bridgehead atoms. The molecule has 0 aliphatic carbocycles. The number of thioether (sulfide) groups is 1. The third kappa shape index (κ3) is 3.74. The van der Waals surface area contributed by atoms with Crippen molar-refractivity contribution < 1.29 is 9.59 Å². The molecule has 1 aliphatic rings. The number of amides is 2. The molecule has 1 unspecified atom stereocenters. The third-order valence-electron chi connectivity index (χ3n) is 3.08. The van der Waals surface area contributed by atoms with Gasteiger partial charge in [0.25, 0.3) is 5.91 Å². The molecule has 2 rings (SSSR count). The van der Waals surface area contributed by atoms with Gasteiger partial charge < -0.3 is 16.4 Å². The van der Waals surface area contributed by atoms with Crippen LogP contribution in [0.1, 0.15) is 23.2 Å². The highest BCUT2D eigenvalue weighted by atomic mass is 32.2.